The zero-order valence-corrected chi connectivity index (χ0v) is 10.6. The van der Waals surface area contributed by atoms with Crippen LogP contribution in [-0.4, -0.2) is 29.0 Å². The Kier molecular flexibility index (Phi) is 3.61. The lowest BCUT2D eigenvalue weighted by molar-refractivity contribution is 0.0355. The summed E-state index contributed by atoms with van der Waals surface area (Å²) < 4.78 is 12.9. The fourth-order valence-corrected chi connectivity index (χ4v) is 3.13. The van der Waals surface area contributed by atoms with Gasteiger partial charge in [0.25, 0.3) is 0 Å². The van der Waals surface area contributed by atoms with Crippen LogP contribution >= 0.6 is 11.8 Å². The predicted octanol–water partition coefficient (Wildman–Crippen LogP) is 1.61. The molecule has 1 aromatic rings. The molecule has 0 bridgehead atoms. The molecule has 0 spiro atoms. The van der Waals surface area contributed by atoms with Crippen molar-refractivity contribution in [2.75, 3.05) is 18.8 Å². The van der Waals surface area contributed by atoms with Crippen LogP contribution in [0.15, 0.2) is 23.1 Å². The normalized spacial score (nSPS) is 29.2. The molecule has 1 saturated heterocycles. The highest BCUT2D eigenvalue weighted by Gasteiger charge is 2.35. The van der Waals surface area contributed by atoms with Crippen molar-refractivity contribution in [2.45, 2.75) is 29.1 Å². The average Bonchev–Trinajstić information content (AvgIpc) is 2.24. The largest absolute Gasteiger partial charge is 0.398 e. The topological polar surface area (TPSA) is 58.3 Å². The summed E-state index contributed by atoms with van der Waals surface area (Å²) in [5.74, 6) is -0.333. The standard InChI is InChI=1S/C12H17FN2OS/c1-12(16)4-5-15-7-11(12)17-10-3-2-8(13)6-9(10)14/h2-3,6,11,15-16H,4-5,7,14H2,1H3. The number of halogens is 1. The fourth-order valence-electron chi connectivity index (χ4n) is 1.90. The smallest absolute Gasteiger partial charge is 0.125 e. The Bertz CT molecular complexity index is 411. The minimum atomic E-state index is -0.712. The van der Waals surface area contributed by atoms with Gasteiger partial charge in [-0.3, -0.25) is 0 Å². The Labute approximate surface area is 105 Å². The van der Waals surface area contributed by atoms with Gasteiger partial charge in [0, 0.05) is 17.1 Å². The number of nitrogens with two attached hydrogens (primary N) is 1. The molecule has 3 nitrogen and oxygen atoms in total. The fraction of sp³-hybridized carbons (Fsp3) is 0.500. The SMILES string of the molecule is CC1(O)CCNCC1Sc1ccc(F)cc1N. The third kappa shape index (κ3) is 2.91. The first kappa shape index (κ1) is 12.7. The van der Waals surface area contributed by atoms with E-state index in [0.29, 0.717) is 12.1 Å². The molecule has 2 atom stereocenters. The molecule has 0 aromatic heterocycles. The summed E-state index contributed by atoms with van der Waals surface area (Å²) in [4.78, 5) is 0.820. The second kappa shape index (κ2) is 4.84. The number of aliphatic hydroxyl groups is 1. The second-order valence-corrected chi connectivity index (χ2v) is 5.84. The summed E-state index contributed by atoms with van der Waals surface area (Å²) in [6.07, 6.45) is 0.714. The minimum absolute atomic E-state index is 0.0315. The van der Waals surface area contributed by atoms with Gasteiger partial charge in [0.05, 0.1) is 10.9 Å². The summed E-state index contributed by atoms with van der Waals surface area (Å²) in [5.41, 5.74) is 5.48. The van der Waals surface area contributed by atoms with Crippen LogP contribution in [-0.2, 0) is 0 Å². The maximum absolute atomic E-state index is 12.9. The molecule has 1 aromatic carbocycles. The van der Waals surface area contributed by atoms with Gasteiger partial charge in [-0.2, -0.15) is 0 Å². The number of benzene rings is 1. The number of thioether (sulfide) groups is 1. The van der Waals surface area contributed by atoms with E-state index in [9.17, 15) is 9.50 Å². The molecule has 17 heavy (non-hydrogen) atoms. The summed E-state index contributed by atoms with van der Waals surface area (Å²) in [5, 5.41) is 13.5. The molecule has 0 amide bonds. The van der Waals surface area contributed by atoms with Gasteiger partial charge in [-0.15, -0.1) is 11.8 Å². The molecule has 2 unspecified atom stereocenters. The van der Waals surface area contributed by atoms with Gasteiger partial charge in [-0.25, -0.2) is 4.39 Å². The Balaban J connectivity index is 2.14. The number of hydrogen-bond donors (Lipinski definition) is 3. The number of piperidine rings is 1. The number of anilines is 1. The molecule has 1 heterocycles. The number of nitrogens with one attached hydrogen (secondary N) is 1. The van der Waals surface area contributed by atoms with E-state index < -0.39 is 5.60 Å². The zero-order chi connectivity index (χ0) is 12.5. The molecular weight excluding hydrogens is 239 g/mol. The van der Waals surface area contributed by atoms with Crippen LogP contribution in [0.25, 0.3) is 0 Å². The third-order valence-corrected chi connectivity index (χ3v) is 4.66. The molecule has 1 aliphatic rings. The second-order valence-electron chi connectivity index (χ2n) is 4.60. The van der Waals surface area contributed by atoms with E-state index in [1.807, 2.05) is 6.92 Å². The van der Waals surface area contributed by atoms with Crippen LogP contribution in [0.1, 0.15) is 13.3 Å². The molecule has 0 radical (unpaired) electrons. The number of nitrogen functional groups attached to an aromatic ring is 1. The molecule has 2 rings (SSSR count). The van der Waals surface area contributed by atoms with Crippen LogP contribution in [0.4, 0.5) is 10.1 Å². The Morgan fingerprint density at radius 2 is 2.35 bits per heavy atom. The molecule has 5 heteroatoms. The lowest BCUT2D eigenvalue weighted by Crippen LogP contribution is -2.50. The van der Waals surface area contributed by atoms with Crippen molar-refractivity contribution in [1.29, 1.82) is 0 Å². The Morgan fingerprint density at radius 3 is 3.00 bits per heavy atom. The van der Waals surface area contributed by atoms with Gasteiger partial charge in [-0.1, -0.05) is 0 Å². The Morgan fingerprint density at radius 1 is 1.59 bits per heavy atom. The lowest BCUT2D eigenvalue weighted by atomic mass is 9.94. The van der Waals surface area contributed by atoms with E-state index in [4.69, 9.17) is 5.73 Å². The van der Waals surface area contributed by atoms with Crippen molar-refractivity contribution in [1.82, 2.24) is 5.32 Å². The summed E-state index contributed by atoms with van der Waals surface area (Å²) in [7, 11) is 0. The highest BCUT2D eigenvalue weighted by atomic mass is 32.2. The highest BCUT2D eigenvalue weighted by molar-refractivity contribution is 8.00. The van der Waals surface area contributed by atoms with Crippen LogP contribution in [0.5, 0.6) is 0 Å². The van der Waals surface area contributed by atoms with Gasteiger partial charge < -0.3 is 16.2 Å². The van der Waals surface area contributed by atoms with Crippen LogP contribution in [0, 0.1) is 5.82 Å². The lowest BCUT2D eigenvalue weighted by Gasteiger charge is -2.37. The van der Waals surface area contributed by atoms with E-state index in [-0.39, 0.29) is 11.1 Å². The van der Waals surface area contributed by atoms with E-state index >= 15 is 0 Å². The maximum atomic E-state index is 12.9. The minimum Gasteiger partial charge on any atom is -0.398 e. The molecule has 1 aliphatic heterocycles. The van der Waals surface area contributed by atoms with Gasteiger partial charge in [0.15, 0.2) is 0 Å². The first-order valence-corrected chi connectivity index (χ1v) is 6.52. The van der Waals surface area contributed by atoms with Gasteiger partial charge >= 0.3 is 0 Å². The molecule has 0 saturated carbocycles. The Hall–Kier alpha value is -0.780. The van der Waals surface area contributed by atoms with Crippen molar-refractivity contribution in [3.63, 3.8) is 0 Å². The third-order valence-electron chi connectivity index (χ3n) is 3.07. The van der Waals surface area contributed by atoms with Crippen molar-refractivity contribution in [2.24, 2.45) is 0 Å². The van der Waals surface area contributed by atoms with Crippen molar-refractivity contribution in [3.05, 3.63) is 24.0 Å². The number of rotatable bonds is 2. The van der Waals surface area contributed by atoms with Crippen molar-refractivity contribution in [3.8, 4) is 0 Å². The highest BCUT2D eigenvalue weighted by Crippen LogP contribution is 2.36. The maximum Gasteiger partial charge on any atom is 0.125 e. The van der Waals surface area contributed by atoms with Crippen molar-refractivity contribution >= 4 is 17.4 Å². The van der Waals surface area contributed by atoms with Crippen LogP contribution in [0.2, 0.25) is 0 Å². The molecule has 4 N–H and O–H groups in total. The average molecular weight is 256 g/mol. The van der Waals surface area contributed by atoms with Gasteiger partial charge in [-0.05, 0) is 38.1 Å². The first-order chi connectivity index (χ1) is 7.99. The first-order valence-electron chi connectivity index (χ1n) is 5.64. The molecule has 0 aliphatic carbocycles. The van der Waals surface area contributed by atoms with E-state index in [0.717, 1.165) is 18.0 Å². The predicted molar refractivity (Wildman–Crippen MR) is 68.6 cm³/mol. The van der Waals surface area contributed by atoms with Crippen molar-refractivity contribution < 1.29 is 9.50 Å². The molecule has 94 valence electrons. The van der Waals surface area contributed by atoms with E-state index in [2.05, 4.69) is 5.32 Å². The molecule has 1 fully saturated rings. The van der Waals surface area contributed by atoms with Gasteiger partial charge in [0.1, 0.15) is 5.82 Å². The quantitative estimate of drug-likeness (QED) is 0.704. The summed E-state index contributed by atoms with van der Waals surface area (Å²) >= 11 is 1.50. The molecular formula is C12H17FN2OS. The van der Waals surface area contributed by atoms with E-state index in [1.165, 1.54) is 23.9 Å². The zero-order valence-electron chi connectivity index (χ0n) is 9.74. The number of hydrogen-bond acceptors (Lipinski definition) is 4. The van der Waals surface area contributed by atoms with Crippen LogP contribution in [0.3, 0.4) is 0 Å². The summed E-state index contributed by atoms with van der Waals surface area (Å²) in [6, 6.07) is 4.37. The summed E-state index contributed by atoms with van der Waals surface area (Å²) in [6.45, 7) is 3.39. The van der Waals surface area contributed by atoms with E-state index in [1.54, 1.807) is 6.07 Å². The van der Waals surface area contributed by atoms with Crippen LogP contribution < -0.4 is 11.1 Å². The van der Waals surface area contributed by atoms with Gasteiger partial charge in [0.2, 0.25) is 0 Å². The monoisotopic (exact) mass is 256 g/mol.